The number of fused-ring (bicyclic) bond motifs is 1. The van der Waals surface area contributed by atoms with E-state index < -0.39 is 0 Å². The molecule has 2 aliphatic rings. The molecular weight excluding hydrogens is 98.1 g/mol. The zero-order valence-corrected chi connectivity index (χ0v) is 5.52. The Morgan fingerprint density at radius 3 is 2.38 bits per heavy atom. The number of hydrogen-bond donors (Lipinski definition) is 1. The van der Waals surface area contributed by atoms with Crippen molar-refractivity contribution in [2.75, 3.05) is 0 Å². The van der Waals surface area contributed by atoms with Crippen LogP contribution in [0, 0.1) is 11.8 Å². The average molecular weight is 111 g/mol. The van der Waals surface area contributed by atoms with E-state index in [9.17, 15) is 0 Å². The van der Waals surface area contributed by atoms with Gasteiger partial charge in [0, 0.05) is 12.1 Å². The third-order valence-electron chi connectivity index (χ3n) is 2.84. The molecule has 0 aromatic heterocycles. The van der Waals surface area contributed by atoms with Crippen LogP contribution < -0.4 is 5.32 Å². The number of nitrogens with one attached hydrogen (secondary N) is 1. The monoisotopic (exact) mass is 111 g/mol. The maximum absolute atomic E-state index is 3.46. The highest BCUT2D eigenvalue weighted by molar-refractivity contribution is 5.16. The average Bonchev–Trinajstić information content (AvgIpc) is 2.44. The van der Waals surface area contributed by atoms with Gasteiger partial charge in [0.1, 0.15) is 0 Å². The smallest absolute Gasteiger partial charge is 0.0258 e. The van der Waals surface area contributed by atoms with Gasteiger partial charge in [0.05, 0.1) is 0 Å². The van der Waals surface area contributed by atoms with Gasteiger partial charge < -0.3 is 5.32 Å². The number of rotatable bonds is 1. The van der Waals surface area contributed by atoms with Gasteiger partial charge >= 0.3 is 0 Å². The van der Waals surface area contributed by atoms with E-state index in [4.69, 9.17) is 0 Å². The largest absolute Gasteiger partial charge is 0.308 e. The molecule has 1 heteroatoms. The zero-order valence-electron chi connectivity index (χ0n) is 5.52. The van der Waals surface area contributed by atoms with Crippen molar-refractivity contribution in [3.05, 3.63) is 0 Å². The first kappa shape index (κ1) is 4.80. The minimum absolute atomic E-state index is 0.931. The summed E-state index contributed by atoms with van der Waals surface area (Å²) < 4.78 is 0. The summed E-state index contributed by atoms with van der Waals surface area (Å²) in [5.41, 5.74) is 0. The standard InChI is InChI=1S/C7H13N/c1-3-5-4(2)6-7(5)8-6/h4-8H,3H2,1-2H3. The van der Waals surface area contributed by atoms with Gasteiger partial charge in [-0.2, -0.15) is 0 Å². The SMILES string of the molecule is CCC1C(C)C2NC12. The van der Waals surface area contributed by atoms with E-state index in [-0.39, 0.29) is 0 Å². The molecule has 1 nitrogen and oxygen atoms in total. The van der Waals surface area contributed by atoms with Crippen molar-refractivity contribution in [2.45, 2.75) is 32.4 Å². The van der Waals surface area contributed by atoms with E-state index in [1.54, 1.807) is 0 Å². The summed E-state index contributed by atoms with van der Waals surface area (Å²) >= 11 is 0. The van der Waals surface area contributed by atoms with E-state index >= 15 is 0 Å². The Bertz CT molecular complexity index is 111. The minimum Gasteiger partial charge on any atom is -0.308 e. The van der Waals surface area contributed by atoms with Gasteiger partial charge in [-0.25, -0.2) is 0 Å². The van der Waals surface area contributed by atoms with Gasteiger partial charge in [0.25, 0.3) is 0 Å². The highest BCUT2D eigenvalue weighted by Gasteiger charge is 2.57. The molecule has 0 aromatic rings. The number of hydrogen-bond acceptors (Lipinski definition) is 1. The molecule has 46 valence electrons. The van der Waals surface area contributed by atoms with Gasteiger partial charge in [-0.05, 0) is 11.8 Å². The van der Waals surface area contributed by atoms with Crippen LogP contribution in [0.5, 0.6) is 0 Å². The van der Waals surface area contributed by atoms with Crippen LogP contribution in [0.1, 0.15) is 20.3 Å². The fourth-order valence-electron chi connectivity index (χ4n) is 2.11. The molecule has 1 aliphatic carbocycles. The van der Waals surface area contributed by atoms with Crippen molar-refractivity contribution in [2.24, 2.45) is 11.8 Å². The Hall–Kier alpha value is -0.0400. The summed E-state index contributed by atoms with van der Waals surface area (Å²) in [5, 5.41) is 3.46. The second-order valence-electron chi connectivity index (χ2n) is 3.15. The third-order valence-corrected chi connectivity index (χ3v) is 2.84. The van der Waals surface area contributed by atoms with Crippen LogP contribution >= 0.6 is 0 Å². The summed E-state index contributed by atoms with van der Waals surface area (Å²) in [4.78, 5) is 0. The fourth-order valence-corrected chi connectivity index (χ4v) is 2.11. The molecule has 0 spiro atoms. The van der Waals surface area contributed by atoms with Gasteiger partial charge in [-0.15, -0.1) is 0 Å². The van der Waals surface area contributed by atoms with Gasteiger partial charge in [0.15, 0.2) is 0 Å². The first-order valence-electron chi connectivity index (χ1n) is 3.60. The van der Waals surface area contributed by atoms with Gasteiger partial charge in [-0.3, -0.25) is 0 Å². The molecule has 0 aromatic carbocycles. The molecule has 2 fully saturated rings. The molecule has 0 bridgehead atoms. The van der Waals surface area contributed by atoms with Crippen molar-refractivity contribution < 1.29 is 0 Å². The van der Waals surface area contributed by atoms with E-state index in [0.717, 1.165) is 23.9 Å². The van der Waals surface area contributed by atoms with E-state index in [2.05, 4.69) is 19.2 Å². The summed E-state index contributed by atoms with van der Waals surface area (Å²) in [6.45, 7) is 4.65. The Morgan fingerprint density at radius 2 is 2.12 bits per heavy atom. The highest BCUT2D eigenvalue weighted by atomic mass is 15.2. The molecule has 1 N–H and O–H groups in total. The van der Waals surface area contributed by atoms with Crippen molar-refractivity contribution in [3.8, 4) is 0 Å². The van der Waals surface area contributed by atoms with Crippen LogP contribution in [0.15, 0.2) is 0 Å². The van der Waals surface area contributed by atoms with Crippen LogP contribution in [0.25, 0.3) is 0 Å². The maximum atomic E-state index is 3.46. The van der Waals surface area contributed by atoms with Crippen molar-refractivity contribution in [1.82, 2.24) is 5.32 Å². The van der Waals surface area contributed by atoms with Gasteiger partial charge in [-0.1, -0.05) is 20.3 Å². The lowest BCUT2D eigenvalue weighted by molar-refractivity contribution is 0.256. The summed E-state index contributed by atoms with van der Waals surface area (Å²) in [6.07, 6.45) is 1.37. The molecule has 1 heterocycles. The van der Waals surface area contributed by atoms with Crippen LogP contribution in [0.3, 0.4) is 0 Å². The topological polar surface area (TPSA) is 21.9 Å². The predicted octanol–water partition coefficient (Wildman–Crippen LogP) is 1.00. The lowest BCUT2D eigenvalue weighted by Crippen LogP contribution is -2.33. The first-order valence-corrected chi connectivity index (χ1v) is 3.60. The maximum Gasteiger partial charge on any atom is 0.0258 e. The van der Waals surface area contributed by atoms with E-state index in [1.807, 2.05) is 0 Å². The molecule has 2 rings (SSSR count). The normalized spacial score (nSPS) is 59.2. The van der Waals surface area contributed by atoms with Crippen molar-refractivity contribution >= 4 is 0 Å². The van der Waals surface area contributed by atoms with E-state index in [0.29, 0.717) is 0 Å². The second kappa shape index (κ2) is 1.27. The molecule has 1 aliphatic heterocycles. The van der Waals surface area contributed by atoms with Crippen LogP contribution in [-0.4, -0.2) is 12.1 Å². The molecular formula is C7H13N. The quantitative estimate of drug-likeness (QED) is 0.501. The second-order valence-corrected chi connectivity index (χ2v) is 3.15. The zero-order chi connectivity index (χ0) is 5.72. The molecule has 4 unspecified atom stereocenters. The summed E-state index contributed by atoms with van der Waals surface area (Å²) in [5.74, 6) is 1.99. The molecule has 1 saturated heterocycles. The molecule has 8 heavy (non-hydrogen) atoms. The Kier molecular flexibility index (Phi) is 0.762. The Labute approximate surface area is 50.5 Å². The van der Waals surface area contributed by atoms with Crippen molar-refractivity contribution in [3.63, 3.8) is 0 Å². The Balaban J connectivity index is 1.98. The highest BCUT2D eigenvalue weighted by Crippen LogP contribution is 2.46. The molecule has 1 saturated carbocycles. The molecule has 0 radical (unpaired) electrons. The molecule has 0 amide bonds. The lowest BCUT2D eigenvalue weighted by atomic mass is 9.74. The van der Waals surface area contributed by atoms with Crippen molar-refractivity contribution in [1.29, 1.82) is 0 Å². The van der Waals surface area contributed by atoms with E-state index in [1.165, 1.54) is 6.42 Å². The lowest BCUT2D eigenvalue weighted by Gasteiger charge is -2.29. The Morgan fingerprint density at radius 1 is 1.38 bits per heavy atom. The van der Waals surface area contributed by atoms with Crippen LogP contribution in [-0.2, 0) is 0 Å². The van der Waals surface area contributed by atoms with Gasteiger partial charge in [0.2, 0.25) is 0 Å². The summed E-state index contributed by atoms with van der Waals surface area (Å²) in [6, 6.07) is 1.87. The minimum atomic E-state index is 0.931. The van der Waals surface area contributed by atoms with Crippen LogP contribution in [0.4, 0.5) is 0 Å². The van der Waals surface area contributed by atoms with Crippen LogP contribution in [0.2, 0.25) is 0 Å². The summed E-state index contributed by atoms with van der Waals surface area (Å²) in [7, 11) is 0. The predicted molar refractivity (Wildman–Crippen MR) is 33.7 cm³/mol. The molecule has 4 atom stereocenters. The third kappa shape index (κ3) is 0.368. The fraction of sp³-hybridized carbons (Fsp3) is 1.00. The first-order chi connectivity index (χ1) is 3.84.